The Labute approximate surface area is 99.4 Å². The molecule has 0 aliphatic carbocycles. The first-order valence-corrected chi connectivity index (χ1v) is 5.28. The number of nitrogens with one attached hydrogen (secondary N) is 1. The van der Waals surface area contributed by atoms with Gasteiger partial charge in [0.2, 0.25) is 5.91 Å². The summed E-state index contributed by atoms with van der Waals surface area (Å²) in [6.07, 6.45) is 1.39. The maximum absolute atomic E-state index is 11.5. The summed E-state index contributed by atoms with van der Waals surface area (Å²) in [6.45, 7) is 2.21. The van der Waals surface area contributed by atoms with Gasteiger partial charge in [0.05, 0.1) is 6.10 Å². The predicted octanol–water partition coefficient (Wildman–Crippen LogP) is -0.418. The molecule has 6 heteroatoms. The van der Waals surface area contributed by atoms with E-state index in [1.165, 1.54) is 22.9 Å². The van der Waals surface area contributed by atoms with Gasteiger partial charge in [0.25, 0.3) is 5.56 Å². The first-order chi connectivity index (χ1) is 8.02. The zero-order valence-electron chi connectivity index (χ0n) is 9.97. The van der Waals surface area contributed by atoms with Crippen molar-refractivity contribution in [1.29, 1.82) is 0 Å². The minimum absolute atomic E-state index is 0.0414. The van der Waals surface area contributed by atoms with Gasteiger partial charge in [0.15, 0.2) is 0 Å². The van der Waals surface area contributed by atoms with Crippen LogP contribution in [0.5, 0.6) is 0 Å². The standard InChI is InChI=1S/C11H17N3O3/c1-8(17-2)5-13-10(15)7-14-6-9(12)3-4-11(14)16/h3-4,6,8H,5,7,12H2,1-2H3,(H,13,15). The fraction of sp³-hybridized carbons (Fsp3) is 0.455. The first kappa shape index (κ1) is 13.2. The summed E-state index contributed by atoms with van der Waals surface area (Å²) in [7, 11) is 1.57. The average molecular weight is 239 g/mol. The molecule has 94 valence electrons. The molecule has 0 aliphatic rings. The van der Waals surface area contributed by atoms with Gasteiger partial charge >= 0.3 is 0 Å². The van der Waals surface area contributed by atoms with Gasteiger partial charge in [0, 0.05) is 31.6 Å². The fourth-order valence-corrected chi connectivity index (χ4v) is 1.22. The molecule has 1 aromatic heterocycles. The normalized spacial score (nSPS) is 12.1. The molecule has 1 rings (SSSR count). The molecular weight excluding hydrogens is 222 g/mol. The molecule has 0 aromatic carbocycles. The van der Waals surface area contributed by atoms with Crippen LogP contribution >= 0.6 is 0 Å². The van der Waals surface area contributed by atoms with E-state index in [4.69, 9.17) is 10.5 Å². The highest BCUT2D eigenvalue weighted by Gasteiger charge is 2.06. The van der Waals surface area contributed by atoms with E-state index in [0.717, 1.165) is 0 Å². The summed E-state index contributed by atoms with van der Waals surface area (Å²) in [5.74, 6) is -0.249. The molecule has 1 amide bonds. The van der Waals surface area contributed by atoms with Crippen molar-refractivity contribution in [3.05, 3.63) is 28.7 Å². The van der Waals surface area contributed by atoms with Gasteiger partial charge < -0.3 is 20.4 Å². The Morgan fingerprint density at radius 2 is 2.29 bits per heavy atom. The molecule has 0 aliphatic heterocycles. The monoisotopic (exact) mass is 239 g/mol. The van der Waals surface area contributed by atoms with Gasteiger partial charge in [-0.1, -0.05) is 0 Å². The van der Waals surface area contributed by atoms with E-state index in [-0.39, 0.29) is 24.1 Å². The van der Waals surface area contributed by atoms with Crippen molar-refractivity contribution < 1.29 is 9.53 Å². The first-order valence-electron chi connectivity index (χ1n) is 5.28. The minimum Gasteiger partial charge on any atom is -0.398 e. The van der Waals surface area contributed by atoms with Crippen LogP contribution in [0.1, 0.15) is 6.92 Å². The van der Waals surface area contributed by atoms with Crippen LogP contribution in [0.3, 0.4) is 0 Å². The Bertz CT molecular complexity index is 442. The van der Waals surface area contributed by atoms with Gasteiger partial charge in [0.1, 0.15) is 6.54 Å². The Balaban J connectivity index is 2.56. The topological polar surface area (TPSA) is 86.3 Å². The number of amides is 1. The fourth-order valence-electron chi connectivity index (χ4n) is 1.22. The number of methoxy groups -OCH3 is 1. The van der Waals surface area contributed by atoms with Crippen LogP contribution in [0.2, 0.25) is 0 Å². The van der Waals surface area contributed by atoms with Gasteiger partial charge in [-0.3, -0.25) is 9.59 Å². The highest BCUT2D eigenvalue weighted by atomic mass is 16.5. The van der Waals surface area contributed by atoms with Crippen molar-refractivity contribution >= 4 is 11.6 Å². The summed E-state index contributed by atoms with van der Waals surface area (Å²) in [5.41, 5.74) is 5.73. The molecule has 0 bridgehead atoms. The molecule has 0 fully saturated rings. The summed E-state index contributed by atoms with van der Waals surface area (Å²) in [5, 5.41) is 2.66. The van der Waals surface area contributed by atoms with Crippen LogP contribution in [-0.2, 0) is 16.1 Å². The van der Waals surface area contributed by atoms with E-state index in [9.17, 15) is 9.59 Å². The molecule has 0 spiro atoms. The molecule has 1 aromatic rings. The second-order valence-corrected chi connectivity index (χ2v) is 3.78. The Morgan fingerprint density at radius 1 is 1.59 bits per heavy atom. The highest BCUT2D eigenvalue weighted by Crippen LogP contribution is 1.95. The van der Waals surface area contributed by atoms with Crippen LogP contribution < -0.4 is 16.6 Å². The number of ether oxygens (including phenoxy) is 1. The Kier molecular flexibility index (Phi) is 4.71. The second-order valence-electron chi connectivity index (χ2n) is 3.78. The number of nitrogens with zero attached hydrogens (tertiary/aromatic N) is 1. The second kappa shape index (κ2) is 6.05. The highest BCUT2D eigenvalue weighted by molar-refractivity contribution is 5.75. The van der Waals surface area contributed by atoms with E-state index < -0.39 is 0 Å². The minimum atomic E-state index is -0.255. The molecule has 0 saturated carbocycles. The van der Waals surface area contributed by atoms with Crippen molar-refractivity contribution in [3.63, 3.8) is 0 Å². The third-order valence-electron chi connectivity index (χ3n) is 2.31. The lowest BCUT2D eigenvalue weighted by atomic mass is 10.4. The van der Waals surface area contributed by atoms with Crippen molar-refractivity contribution in [2.45, 2.75) is 19.6 Å². The van der Waals surface area contributed by atoms with Gasteiger partial charge in [-0.05, 0) is 13.0 Å². The van der Waals surface area contributed by atoms with Gasteiger partial charge in [-0.2, -0.15) is 0 Å². The maximum atomic E-state index is 11.5. The summed E-state index contributed by atoms with van der Waals surface area (Å²) < 4.78 is 6.26. The van der Waals surface area contributed by atoms with Crippen molar-refractivity contribution in [2.75, 3.05) is 19.4 Å². The van der Waals surface area contributed by atoms with Crippen molar-refractivity contribution in [1.82, 2.24) is 9.88 Å². The SMILES string of the molecule is COC(C)CNC(=O)Cn1cc(N)ccc1=O. The molecule has 6 nitrogen and oxygen atoms in total. The summed E-state index contributed by atoms with van der Waals surface area (Å²) in [4.78, 5) is 22.9. The van der Waals surface area contributed by atoms with Gasteiger partial charge in [-0.25, -0.2) is 0 Å². The van der Waals surface area contributed by atoms with E-state index in [1.54, 1.807) is 7.11 Å². The average Bonchev–Trinajstić information content (AvgIpc) is 2.30. The number of hydrogen-bond donors (Lipinski definition) is 2. The van der Waals surface area contributed by atoms with E-state index in [2.05, 4.69) is 5.32 Å². The number of pyridine rings is 1. The number of anilines is 1. The molecule has 1 unspecified atom stereocenters. The van der Waals surface area contributed by atoms with Crippen molar-refractivity contribution in [3.8, 4) is 0 Å². The van der Waals surface area contributed by atoms with Crippen LogP contribution in [0.15, 0.2) is 23.1 Å². The molecule has 0 radical (unpaired) electrons. The number of carbonyl (C=O) groups excluding carboxylic acids is 1. The quantitative estimate of drug-likeness (QED) is 0.730. The molecule has 3 N–H and O–H groups in total. The van der Waals surface area contributed by atoms with E-state index in [1.807, 2.05) is 6.92 Å². The largest absolute Gasteiger partial charge is 0.398 e. The smallest absolute Gasteiger partial charge is 0.251 e. The number of hydrogen-bond acceptors (Lipinski definition) is 4. The predicted molar refractivity (Wildman–Crippen MR) is 64.6 cm³/mol. The molecule has 1 heterocycles. The third-order valence-corrected chi connectivity index (χ3v) is 2.31. The van der Waals surface area contributed by atoms with Crippen LogP contribution in [0, 0.1) is 0 Å². The molecule has 1 atom stereocenters. The number of rotatable bonds is 5. The van der Waals surface area contributed by atoms with Crippen LogP contribution in [0.4, 0.5) is 5.69 Å². The van der Waals surface area contributed by atoms with Crippen LogP contribution in [-0.4, -0.2) is 30.2 Å². The third kappa shape index (κ3) is 4.28. The zero-order chi connectivity index (χ0) is 12.8. The zero-order valence-corrected chi connectivity index (χ0v) is 9.97. The van der Waals surface area contributed by atoms with E-state index >= 15 is 0 Å². The maximum Gasteiger partial charge on any atom is 0.251 e. The lowest BCUT2D eigenvalue weighted by Gasteiger charge is -2.11. The summed E-state index contributed by atoms with van der Waals surface area (Å²) >= 11 is 0. The number of aromatic nitrogens is 1. The Hall–Kier alpha value is -1.82. The summed E-state index contributed by atoms with van der Waals surface area (Å²) in [6, 6.07) is 2.84. The molecule has 0 saturated heterocycles. The van der Waals surface area contributed by atoms with E-state index in [0.29, 0.717) is 12.2 Å². The number of nitrogens with two attached hydrogens (primary N) is 1. The van der Waals surface area contributed by atoms with Gasteiger partial charge in [-0.15, -0.1) is 0 Å². The number of carbonyl (C=O) groups is 1. The van der Waals surface area contributed by atoms with Crippen LogP contribution in [0.25, 0.3) is 0 Å². The molecular formula is C11H17N3O3. The molecule has 17 heavy (non-hydrogen) atoms. The lowest BCUT2D eigenvalue weighted by molar-refractivity contribution is -0.122. The number of nitrogen functional groups attached to an aromatic ring is 1. The Morgan fingerprint density at radius 3 is 2.94 bits per heavy atom. The van der Waals surface area contributed by atoms with Crippen molar-refractivity contribution in [2.24, 2.45) is 0 Å². The lowest BCUT2D eigenvalue weighted by Crippen LogP contribution is -2.36.